The lowest BCUT2D eigenvalue weighted by Gasteiger charge is -2.41. The smallest absolute Gasteiger partial charge is 0.230 e. The summed E-state index contributed by atoms with van der Waals surface area (Å²) in [5.41, 5.74) is 0.268. The highest BCUT2D eigenvalue weighted by molar-refractivity contribution is 6.35. The van der Waals surface area contributed by atoms with E-state index < -0.39 is 11.5 Å². The Morgan fingerprint density at radius 3 is 2.63 bits per heavy atom. The van der Waals surface area contributed by atoms with Crippen LogP contribution in [0.2, 0.25) is 10.0 Å². The second kappa shape index (κ2) is 5.70. The van der Waals surface area contributed by atoms with Crippen molar-refractivity contribution >= 4 is 29.1 Å². The molecule has 1 unspecified atom stereocenters. The highest BCUT2D eigenvalue weighted by Gasteiger charge is 2.46. The summed E-state index contributed by atoms with van der Waals surface area (Å²) in [4.78, 5) is 12.4. The van der Waals surface area contributed by atoms with Gasteiger partial charge in [0.05, 0.1) is 11.5 Å². The third-order valence-corrected chi connectivity index (χ3v) is 4.19. The van der Waals surface area contributed by atoms with Gasteiger partial charge >= 0.3 is 0 Å². The Kier molecular flexibility index (Phi) is 4.39. The molecule has 0 aromatic heterocycles. The lowest BCUT2D eigenvalue weighted by atomic mass is 9.63. The molecular weight excluding hydrogens is 285 g/mol. The number of aliphatic hydroxyl groups excluding tert-OH is 1. The molecule has 19 heavy (non-hydrogen) atoms. The maximum Gasteiger partial charge on any atom is 0.230 e. The van der Waals surface area contributed by atoms with Gasteiger partial charge in [-0.25, -0.2) is 0 Å². The Morgan fingerprint density at radius 2 is 2.16 bits per heavy atom. The number of aliphatic hydroxyl groups is 1. The van der Waals surface area contributed by atoms with Crippen LogP contribution in [0.5, 0.6) is 0 Å². The normalized spacial score (nSPS) is 18.5. The number of amides is 1. The van der Waals surface area contributed by atoms with Gasteiger partial charge in [-0.1, -0.05) is 35.7 Å². The summed E-state index contributed by atoms with van der Waals surface area (Å²) >= 11 is 12.1. The average Bonchev–Trinajstić information content (AvgIpc) is 2.27. The van der Waals surface area contributed by atoms with E-state index in [0.29, 0.717) is 10.0 Å². The molecule has 104 valence electrons. The number of rotatable bonds is 4. The first kappa shape index (κ1) is 14.6. The molecule has 1 aliphatic carbocycles. The second-order valence-electron chi connectivity index (χ2n) is 5.12. The second-order valence-corrected chi connectivity index (χ2v) is 5.96. The van der Waals surface area contributed by atoms with Crippen molar-refractivity contribution in [3.63, 3.8) is 0 Å². The van der Waals surface area contributed by atoms with Crippen LogP contribution >= 0.6 is 23.2 Å². The quantitative estimate of drug-likeness (QED) is 0.898. The summed E-state index contributed by atoms with van der Waals surface area (Å²) < 4.78 is 0. The van der Waals surface area contributed by atoms with Gasteiger partial charge in [0.15, 0.2) is 0 Å². The fourth-order valence-electron chi connectivity index (χ4n) is 2.44. The van der Waals surface area contributed by atoms with E-state index in [1.807, 2.05) is 6.07 Å². The summed E-state index contributed by atoms with van der Waals surface area (Å²) in [6.07, 6.45) is 2.00. The number of benzene rings is 1. The van der Waals surface area contributed by atoms with E-state index in [1.165, 1.54) is 0 Å². The van der Waals surface area contributed by atoms with Gasteiger partial charge in [0, 0.05) is 16.6 Å². The first-order chi connectivity index (χ1) is 8.95. The van der Waals surface area contributed by atoms with Crippen LogP contribution in [0, 0.1) is 0 Å². The molecule has 1 atom stereocenters. The van der Waals surface area contributed by atoms with Crippen LogP contribution in [0.15, 0.2) is 18.2 Å². The lowest BCUT2D eigenvalue weighted by molar-refractivity contribution is -0.130. The molecule has 2 N–H and O–H groups in total. The van der Waals surface area contributed by atoms with Crippen molar-refractivity contribution in [2.45, 2.75) is 37.7 Å². The van der Waals surface area contributed by atoms with Crippen molar-refractivity contribution < 1.29 is 9.90 Å². The molecule has 0 spiro atoms. The summed E-state index contributed by atoms with van der Waals surface area (Å²) in [7, 11) is 0. The standard InChI is InChI=1S/C14H17Cl2NO2/c1-9(18)8-17-13(19)14(5-2-6-14)11-4-3-10(15)7-12(11)16/h3-4,7,9,18H,2,5-6,8H2,1H3,(H,17,19). The molecule has 1 aromatic carbocycles. The van der Waals surface area contributed by atoms with Crippen molar-refractivity contribution in [2.75, 3.05) is 6.54 Å². The third kappa shape index (κ3) is 2.88. The van der Waals surface area contributed by atoms with Crippen LogP contribution in [0.4, 0.5) is 0 Å². The molecule has 1 aliphatic rings. The highest BCUT2D eigenvalue weighted by Crippen LogP contribution is 2.46. The molecule has 0 saturated heterocycles. The van der Waals surface area contributed by atoms with E-state index in [9.17, 15) is 9.90 Å². The van der Waals surface area contributed by atoms with E-state index in [4.69, 9.17) is 23.2 Å². The van der Waals surface area contributed by atoms with Gasteiger partial charge in [0.1, 0.15) is 0 Å². The van der Waals surface area contributed by atoms with E-state index in [-0.39, 0.29) is 12.5 Å². The SMILES string of the molecule is CC(O)CNC(=O)C1(c2ccc(Cl)cc2Cl)CCC1. The number of hydrogen-bond donors (Lipinski definition) is 2. The number of carbonyl (C=O) groups excluding carboxylic acids is 1. The van der Waals surface area contributed by atoms with Crippen LogP contribution in [-0.4, -0.2) is 23.7 Å². The van der Waals surface area contributed by atoms with Crippen LogP contribution in [0.3, 0.4) is 0 Å². The van der Waals surface area contributed by atoms with Crippen LogP contribution in [-0.2, 0) is 10.2 Å². The Hall–Kier alpha value is -0.770. The Morgan fingerprint density at radius 1 is 1.47 bits per heavy atom. The first-order valence-corrected chi connectivity index (χ1v) is 7.13. The minimum atomic E-state index is -0.559. The maximum absolute atomic E-state index is 12.4. The molecule has 2 rings (SSSR count). The number of carbonyl (C=O) groups is 1. The van der Waals surface area contributed by atoms with Gasteiger partial charge in [-0.05, 0) is 37.5 Å². The van der Waals surface area contributed by atoms with Gasteiger partial charge in [-0.3, -0.25) is 4.79 Å². The number of hydrogen-bond acceptors (Lipinski definition) is 2. The summed E-state index contributed by atoms with van der Waals surface area (Å²) in [6, 6.07) is 5.25. The van der Waals surface area contributed by atoms with Crippen molar-refractivity contribution in [1.82, 2.24) is 5.32 Å². The molecule has 1 aromatic rings. The highest BCUT2D eigenvalue weighted by atomic mass is 35.5. The van der Waals surface area contributed by atoms with Crippen molar-refractivity contribution in [2.24, 2.45) is 0 Å². The Bertz CT molecular complexity index is 484. The predicted octanol–water partition coefficient (Wildman–Crippen LogP) is 2.91. The van der Waals surface area contributed by atoms with Crippen LogP contribution < -0.4 is 5.32 Å². The zero-order chi connectivity index (χ0) is 14.0. The molecule has 3 nitrogen and oxygen atoms in total. The Balaban J connectivity index is 2.24. The van der Waals surface area contributed by atoms with Gasteiger partial charge in [-0.2, -0.15) is 0 Å². The molecular formula is C14H17Cl2NO2. The predicted molar refractivity (Wildman–Crippen MR) is 76.7 cm³/mol. The summed E-state index contributed by atoms with van der Waals surface area (Å²) in [5.74, 6) is -0.0659. The van der Waals surface area contributed by atoms with Crippen LogP contribution in [0.25, 0.3) is 0 Å². The molecule has 0 radical (unpaired) electrons. The van der Waals surface area contributed by atoms with Gasteiger partial charge in [0.25, 0.3) is 0 Å². The van der Waals surface area contributed by atoms with Crippen molar-refractivity contribution in [3.05, 3.63) is 33.8 Å². The summed E-state index contributed by atoms with van der Waals surface area (Å²) in [5, 5.41) is 13.1. The summed E-state index contributed by atoms with van der Waals surface area (Å²) in [6.45, 7) is 1.90. The van der Waals surface area contributed by atoms with Crippen LogP contribution in [0.1, 0.15) is 31.7 Å². The topological polar surface area (TPSA) is 49.3 Å². The molecule has 0 heterocycles. The zero-order valence-corrected chi connectivity index (χ0v) is 12.3. The fraction of sp³-hybridized carbons (Fsp3) is 0.500. The minimum absolute atomic E-state index is 0.0659. The monoisotopic (exact) mass is 301 g/mol. The average molecular weight is 302 g/mol. The molecule has 1 saturated carbocycles. The Labute approximate surface area is 122 Å². The number of nitrogens with one attached hydrogen (secondary N) is 1. The maximum atomic E-state index is 12.4. The van der Waals surface area contributed by atoms with Gasteiger partial charge in [-0.15, -0.1) is 0 Å². The number of halogens is 2. The van der Waals surface area contributed by atoms with E-state index in [2.05, 4.69) is 5.32 Å². The van der Waals surface area contributed by atoms with E-state index >= 15 is 0 Å². The molecule has 0 bridgehead atoms. The lowest BCUT2D eigenvalue weighted by Crippen LogP contribution is -2.50. The fourth-order valence-corrected chi connectivity index (χ4v) is 3.03. The minimum Gasteiger partial charge on any atom is -0.392 e. The zero-order valence-electron chi connectivity index (χ0n) is 10.7. The molecule has 5 heteroatoms. The molecule has 0 aliphatic heterocycles. The molecule has 1 amide bonds. The van der Waals surface area contributed by atoms with Gasteiger partial charge < -0.3 is 10.4 Å². The molecule has 1 fully saturated rings. The van der Waals surface area contributed by atoms with Crippen molar-refractivity contribution in [3.8, 4) is 0 Å². The van der Waals surface area contributed by atoms with E-state index in [1.54, 1.807) is 19.1 Å². The van der Waals surface area contributed by atoms with Crippen molar-refractivity contribution in [1.29, 1.82) is 0 Å². The third-order valence-electron chi connectivity index (χ3n) is 3.65. The first-order valence-electron chi connectivity index (χ1n) is 6.37. The largest absolute Gasteiger partial charge is 0.392 e. The van der Waals surface area contributed by atoms with E-state index in [0.717, 1.165) is 24.8 Å². The van der Waals surface area contributed by atoms with Gasteiger partial charge in [0.2, 0.25) is 5.91 Å².